The van der Waals surface area contributed by atoms with E-state index in [2.05, 4.69) is 30.5 Å². The summed E-state index contributed by atoms with van der Waals surface area (Å²) in [5.74, 6) is 0.0539. The maximum Gasteiger partial charge on any atom is 0.254 e. The molecule has 11 nitrogen and oxygen atoms in total. The van der Waals surface area contributed by atoms with E-state index >= 15 is 0 Å². The Bertz CT molecular complexity index is 1340. The van der Waals surface area contributed by atoms with Gasteiger partial charge in [-0.1, -0.05) is 19.0 Å². The average molecular weight is 463 g/mol. The molecule has 1 unspecified atom stereocenters. The Morgan fingerprint density at radius 3 is 2.68 bits per heavy atom. The summed E-state index contributed by atoms with van der Waals surface area (Å²) in [6, 6.07) is 3.20. The van der Waals surface area contributed by atoms with Crippen LogP contribution in [0.1, 0.15) is 59.5 Å². The van der Waals surface area contributed by atoms with E-state index in [1.54, 1.807) is 23.0 Å². The smallest absolute Gasteiger partial charge is 0.254 e. The maximum atomic E-state index is 12.8. The van der Waals surface area contributed by atoms with Crippen molar-refractivity contribution in [3.63, 3.8) is 0 Å². The van der Waals surface area contributed by atoms with Crippen LogP contribution in [0.25, 0.3) is 17.0 Å². The van der Waals surface area contributed by atoms with Crippen molar-refractivity contribution >= 4 is 17.5 Å². The quantitative estimate of drug-likeness (QED) is 0.404. The molecular formula is C23H26N8O3. The molecule has 0 saturated heterocycles. The third kappa shape index (κ3) is 4.49. The van der Waals surface area contributed by atoms with Crippen LogP contribution in [-0.2, 0) is 11.2 Å². The second-order valence-corrected chi connectivity index (χ2v) is 8.41. The molecule has 4 heterocycles. The van der Waals surface area contributed by atoms with Crippen molar-refractivity contribution < 1.29 is 14.1 Å². The largest absolute Gasteiger partial charge is 0.365 e. The van der Waals surface area contributed by atoms with Crippen LogP contribution in [-0.4, -0.2) is 41.5 Å². The van der Waals surface area contributed by atoms with E-state index in [1.807, 2.05) is 33.8 Å². The molecule has 0 fully saturated rings. The number of hydrogen-bond acceptors (Lipinski definition) is 8. The van der Waals surface area contributed by atoms with E-state index in [4.69, 9.17) is 10.3 Å². The number of nitrogens with zero attached hydrogens (tertiary/aromatic N) is 6. The van der Waals surface area contributed by atoms with Gasteiger partial charge in [-0.05, 0) is 43.9 Å². The maximum absolute atomic E-state index is 12.8. The standard InChI is InChI=1S/C23H26N8O3/c1-12(2)19(23-29-21(30-34-23)15-6-5-9-25-10-15)28-18(32)8-7-16-13(3)27-22-17(20(24)33)11-26-31(22)14(16)4/h5-6,9-12,19H,7-8H2,1-4H3,(H2,24,33)(H,28,32). The number of primary amides is 1. The lowest BCUT2D eigenvalue weighted by Gasteiger charge is -2.19. The highest BCUT2D eigenvalue weighted by molar-refractivity contribution is 5.98. The number of nitrogens with two attached hydrogens (primary N) is 1. The first kappa shape index (κ1) is 23.0. The lowest BCUT2D eigenvalue weighted by Crippen LogP contribution is -2.32. The van der Waals surface area contributed by atoms with E-state index in [1.165, 1.54) is 6.20 Å². The predicted molar refractivity (Wildman–Crippen MR) is 123 cm³/mol. The molecule has 0 aliphatic rings. The van der Waals surface area contributed by atoms with Gasteiger partial charge in [0.1, 0.15) is 11.6 Å². The van der Waals surface area contributed by atoms with Gasteiger partial charge < -0.3 is 15.6 Å². The molecule has 0 aliphatic carbocycles. The minimum Gasteiger partial charge on any atom is -0.365 e. The molecule has 34 heavy (non-hydrogen) atoms. The molecule has 0 saturated carbocycles. The van der Waals surface area contributed by atoms with Gasteiger partial charge in [-0.2, -0.15) is 10.1 Å². The van der Waals surface area contributed by atoms with Gasteiger partial charge in [0.25, 0.3) is 5.91 Å². The minimum atomic E-state index is -0.583. The molecule has 176 valence electrons. The summed E-state index contributed by atoms with van der Waals surface area (Å²) < 4.78 is 7.03. The Morgan fingerprint density at radius 2 is 2.00 bits per heavy atom. The van der Waals surface area contributed by atoms with E-state index in [-0.39, 0.29) is 23.8 Å². The normalized spacial score (nSPS) is 12.3. The number of pyridine rings is 1. The molecule has 0 aromatic carbocycles. The van der Waals surface area contributed by atoms with E-state index < -0.39 is 11.9 Å². The lowest BCUT2D eigenvalue weighted by atomic mass is 10.0. The van der Waals surface area contributed by atoms with Crippen LogP contribution < -0.4 is 11.1 Å². The highest BCUT2D eigenvalue weighted by atomic mass is 16.5. The molecule has 4 aromatic rings. The van der Waals surface area contributed by atoms with Crippen LogP contribution in [0.4, 0.5) is 0 Å². The van der Waals surface area contributed by atoms with E-state index in [9.17, 15) is 9.59 Å². The number of carbonyl (C=O) groups excluding carboxylic acids is 2. The molecule has 1 atom stereocenters. The van der Waals surface area contributed by atoms with E-state index in [0.29, 0.717) is 23.8 Å². The summed E-state index contributed by atoms with van der Waals surface area (Å²) in [6.07, 6.45) is 5.41. The van der Waals surface area contributed by atoms with Crippen molar-refractivity contribution in [3.8, 4) is 11.4 Å². The topological polar surface area (TPSA) is 154 Å². The van der Waals surface area contributed by atoms with Crippen LogP contribution in [0.2, 0.25) is 0 Å². The van der Waals surface area contributed by atoms with Crippen molar-refractivity contribution in [2.45, 2.75) is 46.6 Å². The number of hydrogen-bond donors (Lipinski definition) is 2. The Hall–Kier alpha value is -4.15. The first-order valence-electron chi connectivity index (χ1n) is 10.9. The van der Waals surface area contributed by atoms with Gasteiger partial charge in [-0.15, -0.1) is 0 Å². The van der Waals surface area contributed by atoms with E-state index in [0.717, 1.165) is 22.5 Å². The summed E-state index contributed by atoms with van der Waals surface area (Å²) in [6.45, 7) is 7.66. The van der Waals surface area contributed by atoms with Gasteiger partial charge in [-0.25, -0.2) is 9.50 Å². The Balaban J connectivity index is 1.48. The molecule has 3 N–H and O–H groups in total. The SMILES string of the molecule is Cc1nc2c(C(N)=O)cnn2c(C)c1CCC(=O)NC(c1nc(-c2cccnc2)no1)C(C)C. The molecule has 0 aliphatic heterocycles. The predicted octanol–water partition coefficient (Wildman–Crippen LogP) is 2.34. The molecule has 11 heteroatoms. The molecule has 0 bridgehead atoms. The number of carbonyl (C=O) groups is 2. The fourth-order valence-corrected chi connectivity index (χ4v) is 3.82. The summed E-state index contributed by atoms with van der Waals surface area (Å²) >= 11 is 0. The van der Waals surface area contributed by atoms with Crippen molar-refractivity contribution in [2.24, 2.45) is 11.7 Å². The van der Waals surface area contributed by atoms with Gasteiger partial charge in [0, 0.05) is 35.8 Å². The van der Waals surface area contributed by atoms with Crippen molar-refractivity contribution in [2.75, 3.05) is 0 Å². The van der Waals surface area contributed by atoms with Crippen LogP contribution >= 0.6 is 0 Å². The second-order valence-electron chi connectivity index (χ2n) is 8.41. The van der Waals surface area contributed by atoms with Gasteiger partial charge in [0.15, 0.2) is 5.65 Å². The molecular weight excluding hydrogens is 436 g/mol. The van der Waals surface area contributed by atoms with Gasteiger partial charge in [0.05, 0.1) is 6.20 Å². The van der Waals surface area contributed by atoms with Gasteiger partial charge >= 0.3 is 0 Å². The fourth-order valence-electron chi connectivity index (χ4n) is 3.82. The molecule has 0 radical (unpaired) electrons. The van der Waals surface area contributed by atoms with Crippen LogP contribution in [0.5, 0.6) is 0 Å². The monoisotopic (exact) mass is 462 g/mol. The van der Waals surface area contributed by atoms with Crippen LogP contribution in [0, 0.1) is 19.8 Å². The first-order valence-corrected chi connectivity index (χ1v) is 10.9. The van der Waals surface area contributed by atoms with Crippen LogP contribution in [0.15, 0.2) is 35.2 Å². The molecule has 2 amide bonds. The zero-order valence-corrected chi connectivity index (χ0v) is 19.4. The number of amides is 2. The zero-order valence-electron chi connectivity index (χ0n) is 19.4. The lowest BCUT2D eigenvalue weighted by molar-refractivity contribution is -0.122. The summed E-state index contributed by atoms with van der Waals surface area (Å²) in [5.41, 5.74) is 9.24. The number of fused-ring (bicyclic) bond motifs is 1. The Kier molecular flexibility index (Phi) is 6.35. The number of aromatic nitrogens is 6. The summed E-state index contributed by atoms with van der Waals surface area (Å²) in [5, 5.41) is 11.3. The Labute approximate surface area is 195 Å². The molecule has 4 rings (SSSR count). The number of nitrogens with one attached hydrogen (secondary N) is 1. The highest BCUT2D eigenvalue weighted by Gasteiger charge is 2.25. The molecule has 0 spiro atoms. The zero-order chi connectivity index (χ0) is 24.4. The third-order valence-electron chi connectivity index (χ3n) is 5.69. The van der Waals surface area contributed by atoms with Crippen molar-refractivity contribution in [1.82, 2.24) is 35.0 Å². The summed E-state index contributed by atoms with van der Waals surface area (Å²) in [7, 11) is 0. The third-order valence-corrected chi connectivity index (χ3v) is 5.69. The van der Waals surface area contributed by atoms with Gasteiger partial charge in [-0.3, -0.25) is 14.6 Å². The minimum absolute atomic E-state index is 0.0314. The number of rotatable bonds is 8. The van der Waals surface area contributed by atoms with Gasteiger partial charge in [0.2, 0.25) is 17.6 Å². The van der Waals surface area contributed by atoms with Crippen molar-refractivity contribution in [3.05, 3.63) is 59.1 Å². The Morgan fingerprint density at radius 1 is 1.21 bits per heavy atom. The average Bonchev–Trinajstić information content (AvgIpc) is 3.45. The molecule has 4 aromatic heterocycles. The summed E-state index contributed by atoms with van der Waals surface area (Å²) in [4.78, 5) is 37.5. The first-order chi connectivity index (χ1) is 16.3. The van der Waals surface area contributed by atoms with Crippen molar-refractivity contribution in [1.29, 1.82) is 0 Å². The number of aryl methyl sites for hydroxylation is 2. The fraction of sp³-hybridized carbons (Fsp3) is 0.348. The second kappa shape index (κ2) is 9.38. The highest BCUT2D eigenvalue weighted by Crippen LogP contribution is 2.24. The van der Waals surface area contributed by atoms with Crippen LogP contribution in [0.3, 0.4) is 0 Å².